The van der Waals surface area contributed by atoms with Gasteiger partial charge in [0, 0.05) is 6.61 Å². The molecule has 1 unspecified atom stereocenters. The number of carbonyl (C=O) groups excluding carboxylic acids is 1. The van der Waals surface area contributed by atoms with Gasteiger partial charge in [0.2, 0.25) is 5.91 Å². The van der Waals surface area contributed by atoms with E-state index in [-0.39, 0.29) is 5.91 Å². The molecule has 0 spiro atoms. The van der Waals surface area contributed by atoms with Crippen molar-refractivity contribution in [2.24, 2.45) is 0 Å². The van der Waals surface area contributed by atoms with Crippen LogP contribution in [0.15, 0.2) is 0 Å². The number of aliphatic carboxylic acids is 1. The predicted octanol–water partition coefficient (Wildman–Crippen LogP) is 1.72. The fourth-order valence-corrected chi connectivity index (χ4v) is 2.57. The molecular formula is C15H27NO5. The fourth-order valence-electron chi connectivity index (χ4n) is 2.57. The van der Waals surface area contributed by atoms with Gasteiger partial charge in [-0.25, -0.2) is 4.79 Å². The van der Waals surface area contributed by atoms with E-state index in [4.69, 9.17) is 9.47 Å². The molecule has 1 saturated carbocycles. The van der Waals surface area contributed by atoms with E-state index >= 15 is 0 Å². The summed E-state index contributed by atoms with van der Waals surface area (Å²) in [7, 11) is 0. The number of nitrogens with one attached hydrogen (secondary N) is 1. The lowest BCUT2D eigenvalue weighted by molar-refractivity contribution is -0.150. The van der Waals surface area contributed by atoms with Crippen molar-refractivity contribution in [3.05, 3.63) is 0 Å². The van der Waals surface area contributed by atoms with Gasteiger partial charge in [0.15, 0.2) is 0 Å². The van der Waals surface area contributed by atoms with Gasteiger partial charge in [-0.3, -0.25) is 4.79 Å². The molecule has 0 aromatic heterocycles. The number of ether oxygens (including phenoxy) is 2. The molecule has 122 valence electrons. The zero-order valence-corrected chi connectivity index (χ0v) is 13.0. The molecule has 1 amide bonds. The predicted molar refractivity (Wildman–Crippen MR) is 78.1 cm³/mol. The Morgan fingerprint density at radius 3 is 2.33 bits per heavy atom. The van der Waals surface area contributed by atoms with Gasteiger partial charge in [-0.2, -0.15) is 0 Å². The van der Waals surface area contributed by atoms with Gasteiger partial charge in [0.25, 0.3) is 0 Å². The molecule has 2 N–H and O–H groups in total. The highest BCUT2D eigenvalue weighted by Crippen LogP contribution is 2.27. The van der Waals surface area contributed by atoms with Gasteiger partial charge in [-0.1, -0.05) is 25.7 Å². The van der Waals surface area contributed by atoms with Crippen molar-refractivity contribution in [3.63, 3.8) is 0 Å². The number of hydrogen-bond donors (Lipinski definition) is 2. The normalized spacial score (nSPS) is 19.5. The first kappa shape index (κ1) is 17.9. The van der Waals surface area contributed by atoms with E-state index in [0.717, 1.165) is 25.7 Å². The van der Waals surface area contributed by atoms with Gasteiger partial charge in [0.1, 0.15) is 11.6 Å². The lowest BCUT2D eigenvalue weighted by atomic mass is 9.90. The smallest absolute Gasteiger partial charge is 0.329 e. The maximum atomic E-state index is 12.2. The van der Waals surface area contributed by atoms with E-state index in [1.165, 1.54) is 0 Å². The van der Waals surface area contributed by atoms with Crippen LogP contribution in [0, 0.1) is 0 Å². The number of carboxylic acids is 1. The zero-order chi connectivity index (χ0) is 15.7. The summed E-state index contributed by atoms with van der Waals surface area (Å²) in [6.45, 7) is 4.87. The Morgan fingerprint density at radius 2 is 1.81 bits per heavy atom. The second-order valence-electron chi connectivity index (χ2n) is 5.50. The Balaban J connectivity index is 2.53. The largest absolute Gasteiger partial charge is 0.480 e. The molecule has 1 fully saturated rings. The van der Waals surface area contributed by atoms with Crippen molar-refractivity contribution in [3.8, 4) is 0 Å². The topological polar surface area (TPSA) is 84.9 Å². The lowest BCUT2D eigenvalue weighted by Gasteiger charge is -2.30. The van der Waals surface area contributed by atoms with E-state index < -0.39 is 17.6 Å². The van der Waals surface area contributed by atoms with Crippen molar-refractivity contribution < 1.29 is 24.2 Å². The molecule has 0 heterocycles. The number of amides is 1. The van der Waals surface area contributed by atoms with Crippen molar-refractivity contribution in [1.82, 2.24) is 5.32 Å². The van der Waals surface area contributed by atoms with Crippen molar-refractivity contribution in [2.75, 3.05) is 19.8 Å². The van der Waals surface area contributed by atoms with Crippen LogP contribution in [-0.4, -0.2) is 48.4 Å². The van der Waals surface area contributed by atoms with Gasteiger partial charge in [0.05, 0.1) is 13.2 Å². The molecule has 1 atom stereocenters. The Morgan fingerprint density at radius 1 is 1.19 bits per heavy atom. The number of rotatable bonds is 8. The molecule has 6 nitrogen and oxygen atoms in total. The fraction of sp³-hybridized carbons (Fsp3) is 0.867. The van der Waals surface area contributed by atoms with Crippen LogP contribution in [0.2, 0.25) is 0 Å². The molecule has 0 radical (unpaired) electrons. The Bertz CT molecular complexity index is 337. The van der Waals surface area contributed by atoms with Crippen LogP contribution in [0.4, 0.5) is 0 Å². The van der Waals surface area contributed by atoms with Crippen molar-refractivity contribution in [2.45, 2.75) is 64.0 Å². The highest BCUT2D eigenvalue weighted by Gasteiger charge is 2.40. The summed E-state index contributed by atoms with van der Waals surface area (Å²) in [6, 6.07) is 0. The third kappa shape index (κ3) is 5.63. The minimum atomic E-state index is -1.13. The molecule has 1 rings (SSSR count). The Hall–Kier alpha value is -1.14. The average Bonchev–Trinajstić information content (AvgIpc) is 2.70. The summed E-state index contributed by atoms with van der Waals surface area (Å²) in [5, 5.41) is 12.2. The number of carbonyl (C=O) groups is 2. The second kappa shape index (κ2) is 9.00. The van der Waals surface area contributed by atoms with Crippen LogP contribution in [0.25, 0.3) is 0 Å². The van der Waals surface area contributed by atoms with Crippen molar-refractivity contribution >= 4 is 11.9 Å². The quantitative estimate of drug-likeness (QED) is 0.527. The highest BCUT2D eigenvalue weighted by atomic mass is 16.5. The van der Waals surface area contributed by atoms with E-state index in [9.17, 15) is 14.7 Å². The summed E-state index contributed by atoms with van der Waals surface area (Å²) >= 11 is 0. The Labute approximate surface area is 126 Å². The summed E-state index contributed by atoms with van der Waals surface area (Å²) in [4.78, 5) is 23.8. The summed E-state index contributed by atoms with van der Waals surface area (Å²) in [5.74, 6) is -1.31. The van der Waals surface area contributed by atoms with Crippen LogP contribution in [0.5, 0.6) is 0 Å². The van der Waals surface area contributed by atoms with E-state index in [2.05, 4.69) is 5.32 Å². The maximum Gasteiger partial charge on any atom is 0.329 e. The average molecular weight is 301 g/mol. The standard InChI is InChI=1S/C15H27NO5/c1-3-20-10-11-21-12(2)13(17)16-15(14(18)19)8-6-4-5-7-9-15/h12H,3-11H2,1-2H3,(H,16,17)(H,18,19). The molecule has 0 aliphatic heterocycles. The third-order valence-electron chi connectivity index (χ3n) is 3.90. The second-order valence-corrected chi connectivity index (χ2v) is 5.50. The summed E-state index contributed by atoms with van der Waals surface area (Å²) in [5.41, 5.74) is -1.13. The van der Waals surface area contributed by atoms with E-state index in [1.54, 1.807) is 6.92 Å². The van der Waals surface area contributed by atoms with Gasteiger partial charge in [-0.15, -0.1) is 0 Å². The molecule has 21 heavy (non-hydrogen) atoms. The molecular weight excluding hydrogens is 274 g/mol. The Kier molecular flexibility index (Phi) is 7.67. The van der Waals surface area contributed by atoms with E-state index in [1.807, 2.05) is 6.92 Å². The van der Waals surface area contributed by atoms with Gasteiger partial charge >= 0.3 is 5.97 Å². The number of hydrogen-bond acceptors (Lipinski definition) is 4. The van der Waals surface area contributed by atoms with Gasteiger partial charge < -0.3 is 19.9 Å². The molecule has 1 aliphatic rings. The third-order valence-corrected chi connectivity index (χ3v) is 3.90. The molecule has 0 aromatic rings. The lowest BCUT2D eigenvalue weighted by Crippen LogP contribution is -2.56. The first-order valence-corrected chi connectivity index (χ1v) is 7.76. The zero-order valence-electron chi connectivity index (χ0n) is 13.0. The molecule has 6 heteroatoms. The van der Waals surface area contributed by atoms with E-state index in [0.29, 0.717) is 32.7 Å². The van der Waals surface area contributed by atoms with Crippen LogP contribution in [0.1, 0.15) is 52.4 Å². The van der Waals surface area contributed by atoms with Crippen LogP contribution in [0.3, 0.4) is 0 Å². The molecule has 1 aliphatic carbocycles. The number of carboxylic acid groups (broad SMARTS) is 1. The minimum Gasteiger partial charge on any atom is -0.480 e. The monoisotopic (exact) mass is 301 g/mol. The highest BCUT2D eigenvalue weighted by molar-refractivity contribution is 5.89. The summed E-state index contributed by atoms with van der Waals surface area (Å²) < 4.78 is 10.5. The molecule has 0 aromatic carbocycles. The minimum absolute atomic E-state index is 0.322. The first-order valence-electron chi connectivity index (χ1n) is 7.76. The SMILES string of the molecule is CCOCCOC(C)C(=O)NC1(C(=O)O)CCCCCC1. The first-order chi connectivity index (χ1) is 10.0. The molecule has 0 saturated heterocycles. The van der Waals surface area contributed by atoms with Crippen LogP contribution < -0.4 is 5.32 Å². The van der Waals surface area contributed by atoms with Gasteiger partial charge in [-0.05, 0) is 26.7 Å². The van der Waals surface area contributed by atoms with Crippen LogP contribution in [-0.2, 0) is 19.1 Å². The molecule has 0 bridgehead atoms. The summed E-state index contributed by atoms with van der Waals surface area (Å²) in [6.07, 6.45) is 3.99. The maximum absolute atomic E-state index is 12.2. The van der Waals surface area contributed by atoms with Crippen molar-refractivity contribution in [1.29, 1.82) is 0 Å². The van der Waals surface area contributed by atoms with Crippen LogP contribution >= 0.6 is 0 Å².